The third-order valence-electron chi connectivity index (χ3n) is 5.92. The fraction of sp³-hybridized carbons (Fsp3) is 0.611. The minimum Gasteiger partial charge on any atom is -0.477 e. The van der Waals surface area contributed by atoms with Crippen molar-refractivity contribution >= 4 is 29.2 Å². The van der Waals surface area contributed by atoms with Crippen LogP contribution in [0.1, 0.15) is 45.8 Å². The second-order valence-corrected chi connectivity index (χ2v) is 8.50. The molecule has 1 aromatic rings. The van der Waals surface area contributed by atoms with E-state index < -0.39 is 23.6 Å². The lowest BCUT2D eigenvalue weighted by atomic mass is 9.82. The Morgan fingerprint density at radius 3 is 2.67 bits per heavy atom. The number of thiophene rings is 1. The van der Waals surface area contributed by atoms with E-state index in [-0.39, 0.29) is 5.91 Å². The van der Waals surface area contributed by atoms with Crippen molar-refractivity contribution in [2.45, 2.75) is 43.7 Å². The van der Waals surface area contributed by atoms with E-state index in [1.165, 1.54) is 16.2 Å². The van der Waals surface area contributed by atoms with Crippen molar-refractivity contribution in [3.8, 4) is 0 Å². The van der Waals surface area contributed by atoms with E-state index >= 15 is 0 Å². The van der Waals surface area contributed by atoms with Gasteiger partial charge in [0.1, 0.15) is 10.9 Å². The SMILES string of the molecule is NC(=O)N1CCC[C@H]1C(=O)N1CCC2(CC1)OCCc1sc(C(=O)O)cc12. The van der Waals surface area contributed by atoms with Gasteiger partial charge in [-0.05, 0) is 37.3 Å². The molecule has 1 atom stereocenters. The summed E-state index contributed by atoms with van der Waals surface area (Å²) >= 11 is 1.32. The first-order valence-corrected chi connectivity index (χ1v) is 10.1. The largest absolute Gasteiger partial charge is 0.477 e. The van der Waals surface area contributed by atoms with Gasteiger partial charge in [-0.2, -0.15) is 0 Å². The third-order valence-corrected chi connectivity index (χ3v) is 7.10. The van der Waals surface area contributed by atoms with Crippen molar-refractivity contribution in [1.29, 1.82) is 0 Å². The summed E-state index contributed by atoms with van der Waals surface area (Å²) in [6.07, 6.45) is 3.43. The number of urea groups is 1. The number of carbonyl (C=O) groups excluding carboxylic acids is 2. The molecule has 0 aromatic carbocycles. The minimum absolute atomic E-state index is 0.0475. The maximum atomic E-state index is 12.9. The zero-order valence-corrected chi connectivity index (χ0v) is 15.8. The summed E-state index contributed by atoms with van der Waals surface area (Å²) in [7, 11) is 0. The van der Waals surface area contributed by atoms with Gasteiger partial charge in [-0.25, -0.2) is 9.59 Å². The smallest absolute Gasteiger partial charge is 0.345 e. The molecule has 4 rings (SSSR count). The van der Waals surface area contributed by atoms with Gasteiger partial charge in [0.05, 0.1) is 12.2 Å². The molecular formula is C18H23N3O5S. The van der Waals surface area contributed by atoms with Gasteiger partial charge in [0.15, 0.2) is 0 Å². The van der Waals surface area contributed by atoms with Gasteiger partial charge in [-0.15, -0.1) is 11.3 Å². The number of nitrogens with two attached hydrogens (primary N) is 1. The molecule has 8 nitrogen and oxygen atoms in total. The monoisotopic (exact) mass is 393 g/mol. The summed E-state index contributed by atoms with van der Waals surface area (Å²) in [5, 5.41) is 9.30. The Bertz CT molecular complexity index is 784. The van der Waals surface area contributed by atoms with Crippen molar-refractivity contribution in [3.05, 3.63) is 21.4 Å². The molecule has 146 valence electrons. The summed E-state index contributed by atoms with van der Waals surface area (Å²) in [5.41, 5.74) is 5.87. The summed E-state index contributed by atoms with van der Waals surface area (Å²) < 4.78 is 6.13. The van der Waals surface area contributed by atoms with Crippen LogP contribution >= 0.6 is 11.3 Å². The number of fused-ring (bicyclic) bond motifs is 2. The number of aromatic carboxylic acids is 1. The Kier molecular flexibility index (Phi) is 4.59. The van der Waals surface area contributed by atoms with Gasteiger partial charge in [0.2, 0.25) is 5.91 Å². The highest BCUT2D eigenvalue weighted by Gasteiger charge is 2.45. The van der Waals surface area contributed by atoms with Crippen LogP contribution in [0.4, 0.5) is 4.79 Å². The zero-order valence-electron chi connectivity index (χ0n) is 15.0. The Morgan fingerprint density at radius 2 is 2.00 bits per heavy atom. The number of hydrogen-bond donors (Lipinski definition) is 2. The first-order chi connectivity index (χ1) is 12.9. The number of amides is 3. The van der Waals surface area contributed by atoms with Crippen molar-refractivity contribution in [2.75, 3.05) is 26.2 Å². The molecule has 9 heteroatoms. The topological polar surface area (TPSA) is 113 Å². The first kappa shape index (κ1) is 18.2. The van der Waals surface area contributed by atoms with Crippen LogP contribution in [0.2, 0.25) is 0 Å². The van der Waals surface area contributed by atoms with Crippen LogP contribution in [0.3, 0.4) is 0 Å². The molecule has 0 saturated carbocycles. The third kappa shape index (κ3) is 3.08. The van der Waals surface area contributed by atoms with E-state index in [0.29, 0.717) is 50.4 Å². The molecule has 3 aliphatic heterocycles. The molecule has 0 bridgehead atoms. The molecule has 3 N–H and O–H groups in total. The second-order valence-electron chi connectivity index (χ2n) is 7.36. The minimum atomic E-state index is -0.912. The number of likely N-dealkylation sites (tertiary alicyclic amines) is 2. The van der Waals surface area contributed by atoms with Crippen molar-refractivity contribution in [3.63, 3.8) is 0 Å². The summed E-state index contributed by atoms with van der Waals surface area (Å²) in [4.78, 5) is 40.4. The Hall–Kier alpha value is -2.13. The zero-order chi connectivity index (χ0) is 19.2. The van der Waals surface area contributed by atoms with Gasteiger partial charge in [-0.1, -0.05) is 0 Å². The highest BCUT2D eigenvalue weighted by Crippen LogP contribution is 2.44. The lowest BCUT2D eigenvalue weighted by molar-refractivity contribution is -0.144. The molecule has 3 amide bonds. The maximum absolute atomic E-state index is 12.9. The Morgan fingerprint density at radius 1 is 1.26 bits per heavy atom. The fourth-order valence-corrected chi connectivity index (χ4v) is 5.59. The predicted octanol–water partition coefficient (Wildman–Crippen LogP) is 1.38. The summed E-state index contributed by atoms with van der Waals surface area (Å²) in [6.45, 7) is 2.15. The molecule has 0 unspecified atom stereocenters. The molecule has 1 spiro atoms. The molecule has 27 heavy (non-hydrogen) atoms. The average molecular weight is 393 g/mol. The van der Waals surface area contributed by atoms with Crippen LogP contribution in [-0.2, 0) is 21.6 Å². The molecule has 2 saturated heterocycles. The summed E-state index contributed by atoms with van der Waals surface area (Å²) in [6, 6.07) is 0.739. The van der Waals surface area contributed by atoms with Gasteiger partial charge in [0, 0.05) is 30.9 Å². The number of rotatable bonds is 2. The molecule has 3 aliphatic rings. The molecule has 1 aromatic heterocycles. The highest BCUT2D eigenvalue weighted by molar-refractivity contribution is 7.14. The number of hydrogen-bond acceptors (Lipinski definition) is 5. The number of primary amides is 1. The molecular weight excluding hydrogens is 370 g/mol. The summed E-state index contributed by atoms with van der Waals surface area (Å²) in [5.74, 6) is -0.960. The van der Waals surface area contributed by atoms with E-state index in [9.17, 15) is 19.5 Å². The van der Waals surface area contributed by atoms with Crippen LogP contribution in [0.5, 0.6) is 0 Å². The second kappa shape index (κ2) is 6.79. The van der Waals surface area contributed by atoms with E-state index in [2.05, 4.69) is 0 Å². The van der Waals surface area contributed by atoms with Gasteiger partial charge >= 0.3 is 12.0 Å². The van der Waals surface area contributed by atoms with Crippen LogP contribution in [0.25, 0.3) is 0 Å². The molecule has 0 aliphatic carbocycles. The van der Waals surface area contributed by atoms with E-state index in [0.717, 1.165) is 23.3 Å². The number of nitrogens with zero attached hydrogens (tertiary/aromatic N) is 2. The lowest BCUT2D eigenvalue weighted by Crippen LogP contribution is -2.54. The van der Waals surface area contributed by atoms with Crippen LogP contribution in [0.15, 0.2) is 6.07 Å². The number of piperidine rings is 1. The van der Waals surface area contributed by atoms with Gasteiger partial charge < -0.3 is 25.4 Å². The Balaban J connectivity index is 1.49. The maximum Gasteiger partial charge on any atom is 0.345 e. The average Bonchev–Trinajstić information content (AvgIpc) is 3.30. The number of carbonyl (C=O) groups is 3. The van der Waals surface area contributed by atoms with E-state index in [4.69, 9.17) is 10.5 Å². The fourth-order valence-electron chi connectivity index (χ4n) is 4.52. The van der Waals surface area contributed by atoms with E-state index in [1.54, 1.807) is 11.0 Å². The Labute approximate surface area is 160 Å². The quantitative estimate of drug-likeness (QED) is 0.788. The molecule has 0 radical (unpaired) electrons. The standard InChI is InChI=1S/C18H23N3O5S/c19-17(25)21-6-1-2-12(21)15(22)20-7-4-18(5-8-20)11-10-14(16(23)24)27-13(11)3-9-26-18/h10,12H,1-9H2,(H2,19,25)(H,23,24)/t12-/m0/s1. The normalized spacial score (nSPS) is 24.1. The van der Waals surface area contributed by atoms with Crippen LogP contribution < -0.4 is 5.73 Å². The van der Waals surface area contributed by atoms with Crippen molar-refractivity contribution < 1.29 is 24.2 Å². The first-order valence-electron chi connectivity index (χ1n) is 9.26. The number of ether oxygens (including phenoxy) is 1. The van der Waals surface area contributed by atoms with Gasteiger partial charge in [-0.3, -0.25) is 4.79 Å². The predicted molar refractivity (Wildman–Crippen MR) is 97.7 cm³/mol. The van der Waals surface area contributed by atoms with E-state index in [1.807, 2.05) is 0 Å². The van der Waals surface area contributed by atoms with Crippen molar-refractivity contribution in [1.82, 2.24) is 9.80 Å². The van der Waals surface area contributed by atoms with Crippen LogP contribution in [-0.4, -0.2) is 65.1 Å². The van der Waals surface area contributed by atoms with Gasteiger partial charge in [0.25, 0.3) is 0 Å². The van der Waals surface area contributed by atoms with Crippen molar-refractivity contribution in [2.24, 2.45) is 5.73 Å². The molecule has 4 heterocycles. The highest BCUT2D eigenvalue weighted by atomic mass is 32.1. The number of carboxylic acid groups (broad SMARTS) is 1. The van der Waals surface area contributed by atoms with Crippen LogP contribution in [0, 0.1) is 0 Å². The molecule has 2 fully saturated rings. The lowest BCUT2D eigenvalue weighted by Gasteiger charge is -2.44. The number of carboxylic acids is 1.